The largest absolute Gasteiger partial charge is 0.368 e. The van der Waals surface area contributed by atoms with E-state index in [1.807, 2.05) is 6.92 Å². The van der Waals surface area contributed by atoms with E-state index >= 15 is 0 Å². The summed E-state index contributed by atoms with van der Waals surface area (Å²) in [4.78, 5) is 22.6. The van der Waals surface area contributed by atoms with Crippen LogP contribution >= 0.6 is 0 Å². The van der Waals surface area contributed by atoms with E-state index in [9.17, 15) is 4.79 Å². The Morgan fingerprint density at radius 1 is 1.50 bits per heavy atom. The molecule has 0 aromatic carbocycles. The molecule has 2 aromatic heterocycles. The van der Waals surface area contributed by atoms with E-state index in [0.717, 1.165) is 17.9 Å². The Hall–Kier alpha value is -2.44. The Bertz CT molecular complexity index is 664. The maximum atomic E-state index is 12.7. The van der Waals surface area contributed by atoms with Crippen molar-refractivity contribution in [3.05, 3.63) is 35.4 Å². The van der Waals surface area contributed by atoms with Gasteiger partial charge in [0.25, 0.3) is 5.91 Å². The molecule has 0 spiro atoms. The van der Waals surface area contributed by atoms with Crippen LogP contribution in [0.25, 0.3) is 0 Å². The van der Waals surface area contributed by atoms with Crippen molar-refractivity contribution in [2.45, 2.75) is 32.7 Å². The summed E-state index contributed by atoms with van der Waals surface area (Å²) in [6.45, 7) is 3.04. The van der Waals surface area contributed by atoms with Gasteiger partial charge in [-0.25, -0.2) is 9.97 Å². The van der Waals surface area contributed by atoms with E-state index in [4.69, 9.17) is 5.73 Å². The summed E-state index contributed by atoms with van der Waals surface area (Å²) in [5, 5.41) is 6.89. The highest BCUT2D eigenvalue weighted by atomic mass is 16.2. The second-order valence-electron chi connectivity index (χ2n) is 5.82. The number of aromatic nitrogens is 4. The van der Waals surface area contributed by atoms with Gasteiger partial charge in [0.1, 0.15) is 5.69 Å². The van der Waals surface area contributed by atoms with Crippen LogP contribution in [-0.2, 0) is 6.54 Å². The number of carbonyl (C=O) groups excluding carboxylic acids is 1. The summed E-state index contributed by atoms with van der Waals surface area (Å²) in [5.74, 6) is 0.723. The lowest BCUT2D eigenvalue weighted by Gasteiger charge is -2.32. The summed E-state index contributed by atoms with van der Waals surface area (Å²) < 4.78 is 0. The molecule has 0 atom stereocenters. The zero-order chi connectivity index (χ0) is 15.5. The molecule has 0 bridgehead atoms. The van der Waals surface area contributed by atoms with Gasteiger partial charge in [0.05, 0.1) is 12.2 Å². The quantitative estimate of drug-likeness (QED) is 0.872. The van der Waals surface area contributed by atoms with E-state index in [-0.39, 0.29) is 11.9 Å². The lowest BCUT2D eigenvalue weighted by atomic mass is 9.85. The first kappa shape index (κ1) is 14.5. The molecule has 0 saturated heterocycles. The zero-order valence-electron chi connectivity index (χ0n) is 12.6. The minimum absolute atomic E-state index is 0.0755. The lowest BCUT2D eigenvalue weighted by molar-refractivity contribution is 0.0671. The Morgan fingerprint density at radius 3 is 2.91 bits per heavy atom. The van der Waals surface area contributed by atoms with Crippen LogP contribution in [0.3, 0.4) is 0 Å². The zero-order valence-corrected chi connectivity index (χ0v) is 12.6. The topological polar surface area (TPSA) is 101 Å². The SMILES string of the molecule is Cc1cc(C(=O)N(Cc2ccnc(N)n2)CC2CCC2)n[nH]1. The number of nitrogen functional groups attached to an aromatic ring is 1. The van der Waals surface area contributed by atoms with E-state index < -0.39 is 0 Å². The van der Waals surface area contributed by atoms with Crippen LogP contribution in [-0.4, -0.2) is 37.5 Å². The number of nitrogens with zero attached hydrogens (tertiary/aromatic N) is 4. The molecule has 1 aliphatic carbocycles. The Kier molecular flexibility index (Phi) is 4.04. The van der Waals surface area contributed by atoms with Crippen molar-refractivity contribution >= 4 is 11.9 Å². The van der Waals surface area contributed by atoms with Gasteiger partial charge in [-0.05, 0) is 37.8 Å². The summed E-state index contributed by atoms with van der Waals surface area (Å²) >= 11 is 0. The normalized spacial score (nSPS) is 14.6. The fraction of sp³-hybridized carbons (Fsp3) is 0.467. The van der Waals surface area contributed by atoms with E-state index in [0.29, 0.717) is 18.2 Å². The first-order valence-electron chi connectivity index (χ1n) is 7.50. The molecule has 7 heteroatoms. The third-order valence-electron chi connectivity index (χ3n) is 4.00. The van der Waals surface area contributed by atoms with Gasteiger partial charge in [-0.1, -0.05) is 6.42 Å². The van der Waals surface area contributed by atoms with Gasteiger partial charge < -0.3 is 10.6 Å². The van der Waals surface area contributed by atoms with E-state index in [2.05, 4.69) is 20.2 Å². The van der Waals surface area contributed by atoms with Gasteiger partial charge in [0.15, 0.2) is 0 Å². The number of nitrogens with one attached hydrogen (secondary N) is 1. The molecule has 1 aliphatic rings. The lowest BCUT2D eigenvalue weighted by Crippen LogP contribution is -2.37. The average Bonchev–Trinajstić information content (AvgIpc) is 2.87. The fourth-order valence-corrected chi connectivity index (χ4v) is 2.59. The number of hydrogen-bond donors (Lipinski definition) is 2. The van der Waals surface area contributed by atoms with Crippen LogP contribution in [0.1, 0.15) is 41.1 Å². The summed E-state index contributed by atoms with van der Waals surface area (Å²) in [7, 11) is 0. The molecule has 2 heterocycles. The summed E-state index contributed by atoms with van der Waals surface area (Å²) in [6, 6.07) is 3.55. The standard InChI is InChI=1S/C15H20N6O/c1-10-7-13(20-19-10)14(22)21(8-11-3-2-4-11)9-12-5-6-17-15(16)18-12/h5-7,11H,2-4,8-9H2,1H3,(H,19,20)(H2,16,17,18). The van der Waals surface area contributed by atoms with E-state index in [1.54, 1.807) is 23.2 Å². The highest BCUT2D eigenvalue weighted by Crippen LogP contribution is 2.28. The number of aryl methyl sites for hydroxylation is 1. The number of H-pyrrole nitrogens is 1. The van der Waals surface area contributed by atoms with Crippen molar-refractivity contribution < 1.29 is 4.79 Å². The number of hydrogen-bond acceptors (Lipinski definition) is 5. The number of amides is 1. The number of carbonyl (C=O) groups is 1. The molecule has 0 radical (unpaired) electrons. The van der Waals surface area contributed by atoms with Crippen LogP contribution in [0.5, 0.6) is 0 Å². The molecular weight excluding hydrogens is 280 g/mol. The predicted octanol–water partition coefficient (Wildman–Crippen LogP) is 1.53. The molecule has 3 rings (SSSR count). The third-order valence-corrected chi connectivity index (χ3v) is 4.00. The predicted molar refractivity (Wildman–Crippen MR) is 81.9 cm³/mol. The highest BCUT2D eigenvalue weighted by molar-refractivity contribution is 5.92. The fourth-order valence-electron chi connectivity index (χ4n) is 2.59. The molecular formula is C15H20N6O. The molecule has 1 saturated carbocycles. The second-order valence-corrected chi connectivity index (χ2v) is 5.82. The Labute approximate surface area is 129 Å². The third kappa shape index (κ3) is 3.24. The van der Waals surface area contributed by atoms with Gasteiger partial charge >= 0.3 is 0 Å². The molecule has 7 nitrogen and oxygen atoms in total. The first-order chi connectivity index (χ1) is 10.6. The first-order valence-corrected chi connectivity index (χ1v) is 7.50. The van der Waals surface area contributed by atoms with Gasteiger partial charge in [0, 0.05) is 18.4 Å². The Morgan fingerprint density at radius 2 is 2.32 bits per heavy atom. The van der Waals surface area contributed by atoms with Crippen LogP contribution in [0.4, 0.5) is 5.95 Å². The summed E-state index contributed by atoms with van der Waals surface area (Å²) in [5.41, 5.74) is 7.68. The molecule has 0 aliphatic heterocycles. The molecule has 2 aromatic rings. The molecule has 0 unspecified atom stereocenters. The molecule has 116 valence electrons. The molecule has 3 N–H and O–H groups in total. The molecule has 1 fully saturated rings. The van der Waals surface area contributed by atoms with Crippen molar-refractivity contribution in [2.75, 3.05) is 12.3 Å². The second kappa shape index (κ2) is 6.13. The average molecular weight is 300 g/mol. The van der Waals surface area contributed by atoms with Crippen LogP contribution < -0.4 is 5.73 Å². The minimum atomic E-state index is -0.0755. The maximum absolute atomic E-state index is 12.7. The van der Waals surface area contributed by atoms with Crippen molar-refractivity contribution in [3.8, 4) is 0 Å². The molecule has 1 amide bonds. The van der Waals surface area contributed by atoms with Gasteiger partial charge in [-0.3, -0.25) is 9.89 Å². The van der Waals surface area contributed by atoms with Crippen molar-refractivity contribution in [2.24, 2.45) is 5.92 Å². The number of aromatic amines is 1. The van der Waals surface area contributed by atoms with Crippen LogP contribution in [0.15, 0.2) is 18.3 Å². The van der Waals surface area contributed by atoms with Crippen LogP contribution in [0.2, 0.25) is 0 Å². The minimum Gasteiger partial charge on any atom is -0.368 e. The van der Waals surface area contributed by atoms with Crippen LogP contribution in [0, 0.1) is 12.8 Å². The Balaban J connectivity index is 1.78. The highest BCUT2D eigenvalue weighted by Gasteiger charge is 2.26. The number of rotatable bonds is 5. The monoisotopic (exact) mass is 300 g/mol. The van der Waals surface area contributed by atoms with Gasteiger partial charge in [-0.15, -0.1) is 0 Å². The number of anilines is 1. The molecule has 22 heavy (non-hydrogen) atoms. The van der Waals surface area contributed by atoms with Gasteiger partial charge in [0.2, 0.25) is 5.95 Å². The summed E-state index contributed by atoms with van der Waals surface area (Å²) in [6.07, 6.45) is 5.21. The van der Waals surface area contributed by atoms with Crippen molar-refractivity contribution in [1.29, 1.82) is 0 Å². The smallest absolute Gasteiger partial charge is 0.274 e. The van der Waals surface area contributed by atoms with E-state index in [1.165, 1.54) is 19.3 Å². The maximum Gasteiger partial charge on any atom is 0.274 e. The van der Waals surface area contributed by atoms with Gasteiger partial charge in [-0.2, -0.15) is 5.10 Å². The van der Waals surface area contributed by atoms with Crippen molar-refractivity contribution in [1.82, 2.24) is 25.1 Å². The number of nitrogens with two attached hydrogens (primary N) is 1. The van der Waals surface area contributed by atoms with Crippen molar-refractivity contribution in [3.63, 3.8) is 0 Å².